The molecule has 122 valence electrons. The van der Waals surface area contributed by atoms with Crippen LogP contribution in [-0.4, -0.2) is 56.1 Å². The SMILES string of the molecule is CC.NCC1CCC(CN)[Se]1.NCC1CCC(CN)[Se]1. The van der Waals surface area contributed by atoms with Gasteiger partial charge >= 0.3 is 124 Å². The van der Waals surface area contributed by atoms with Gasteiger partial charge in [0, 0.05) is 0 Å². The summed E-state index contributed by atoms with van der Waals surface area (Å²) in [6.45, 7) is 7.54. The van der Waals surface area contributed by atoms with Crippen molar-refractivity contribution >= 4 is 29.9 Å². The Labute approximate surface area is 137 Å². The first-order chi connectivity index (χ1) is 9.73. The summed E-state index contributed by atoms with van der Waals surface area (Å²) >= 11 is 1.51. The Kier molecular flexibility index (Phi) is 14.1. The van der Waals surface area contributed by atoms with Crippen LogP contribution in [0.25, 0.3) is 0 Å². The van der Waals surface area contributed by atoms with Crippen molar-refractivity contribution in [3.05, 3.63) is 0 Å². The predicted octanol–water partition coefficient (Wildman–Crippen LogP) is 0.984. The molecule has 4 atom stereocenters. The first-order valence-electron chi connectivity index (χ1n) is 7.84. The molecule has 2 heterocycles. The molecule has 6 heteroatoms. The molecular weight excluding hydrogens is 382 g/mol. The van der Waals surface area contributed by atoms with Gasteiger partial charge in [0.15, 0.2) is 0 Å². The van der Waals surface area contributed by atoms with Crippen LogP contribution in [0.2, 0.25) is 19.3 Å². The second-order valence-corrected chi connectivity index (χ2v) is 11.6. The minimum atomic E-state index is 0.753. The van der Waals surface area contributed by atoms with Crippen molar-refractivity contribution in [2.75, 3.05) is 26.2 Å². The third kappa shape index (κ3) is 8.35. The van der Waals surface area contributed by atoms with Crippen molar-refractivity contribution in [1.29, 1.82) is 0 Å². The van der Waals surface area contributed by atoms with Crippen LogP contribution in [0, 0.1) is 0 Å². The van der Waals surface area contributed by atoms with Crippen molar-refractivity contribution in [3.63, 3.8) is 0 Å². The van der Waals surface area contributed by atoms with Crippen molar-refractivity contribution in [2.24, 2.45) is 22.9 Å². The molecule has 8 N–H and O–H groups in total. The van der Waals surface area contributed by atoms with Gasteiger partial charge in [-0.25, -0.2) is 0 Å². The molecule has 0 bridgehead atoms. The molecule has 0 saturated carbocycles. The third-order valence-electron chi connectivity index (χ3n) is 3.44. The fraction of sp³-hybridized carbons (Fsp3) is 1.00. The molecule has 2 saturated heterocycles. The van der Waals surface area contributed by atoms with Gasteiger partial charge in [-0.3, -0.25) is 0 Å². The van der Waals surface area contributed by atoms with E-state index in [2.05, 4.69) is 0 Å². The summed E-state index contributed by atoms with van der Waals surface area (Å²) in [4.78, 5) is 3.36. The van der Waals surface area contributed by atoms with E-state index in [9.17, 15) is 0 Å². The van der Waals surface area contributed by atoms with Gasteiger partial charge in [0.05, 0.1) is 0 Å². The summed E-state index contributed by atoms with van der Waals surface area (Å²) < 4.78 is 0. The molecule has 2 fully saturated rings. The summed E-state index contributed by atoms with van der Waals surface area (Å²) in [6, 6.07) is 0. The number of hydrogen-bond acceptors (Lipinski definition) is 4. The van der Waals surface area contributed by atoms with Gasteiger partial charge in [0.2, 0.25) is 0 Å². The Bertz CT molecular complexity index is 177. The normalized spacial score (nSPS) is 32.1. The van der Waals surface area contributed by atoms with Crippen LogP contribution in [0.4, 0.5) is 0 Å². The molecule has 0 aromatic heterocycles. The molecule has 0 spiro atoms. The molecule has 0 amide bonds. The second kappa shape index (κ2) is 13.5. The fourth-order valence-corrected chi connectivity index (χ4v) is 7.75. The van der Waals surface area contributed by atoms with Gasteiger partial charge in [0.1, 0.15) is 0 Å². The van der Waals surface area contributed by atoms with Crippen LogP contribution in [0.5, 0.6) is 0 Å². The molecule has 2 rings (SSSR count). The average molecular weight is 416 g/mol. The third-order valence-corrected chi connectivity index (χ3v) is 10.3. The second-order valence-electron chi connectivity index (χ2n) is 4.86. The summed E-state index contributed by atoms with van der Waals surface area (Å²) in [6.07, 6.45) is 5.33. The molecule has 2 aliphatic rings. The Morgan fingerprint density at radius 3 is 0.900 bits per heavy atom. The minimum absolute atomic E-state index is 0.753. The number of nitrogens with two attached hydrogens (primary N) is 4. The van der Waals surface area contributed by atoms with Crippen molar-refractivity contribution in [2.45, 2.75) is 58.8 Å². The van der Waals surface area contributed by atoms with Gasteiger partial charge < -0.3 is 0 Å². The molecule has 0 radical (unpaired) electrons. The van der Waals surface area contributed by atoms with Crippen LogP contribution in [0.1, 0.15) is 39.5 Å². The molecule has 4 unspecified atom stereocenters. The Morgan fingerprint density at radius 2 is 0.800 bits per heavy atom. The van der Waals surface area contributed by atoms with Crippen LogP contribution in [-0.2, 0) is 0 Å². The topological polar surface area (TPSA) is 104 Å². The monoisotopic (exact) mass is 418 g/mol. The van der Waals surface area contributed by atoms with E-state index in [-0.39, 0.29) is 0 Å². The number of hydrogen-bond donors (Lipinski definition) is 4. The molecule has 0 aliphatic carbocycles. The van der Waals surface area contributed by atoms with Crippen molar-refractivity contribution in [3.8, 4) is 0 Å². The molecule has 4 nitrogen and oxygen atoms in total. The van der Waals surface area contributed by atoms with E-state index >= 15 is 0 Å². The Balaban J connectivity index is 0.000000321. The molecule has 0 aromatic rings. The van der Waals surface area contributed by atoms with E-state index in [1.807, 2.05) is 13.8 Å². The van der Waals surface area contributed by atoms with Crippen LogP contribution in [0.3, 0.4) is 0 Å². The zero-order valence-corrected chi connectivity index (χ0v) is 16.5. The summed E-state index contributed by atoms with van der Waals surface area (Å²) in [5.41, 5.74) is 22.1. The zero-order chi connectivity index (χ0) is 15.4. The van der Waals surface area contributed by atoms with E-state index in [0.29, 0.717) is 0 Å². The van der Waals surface area contributed by atoms with Crippen molar-refractivity contribution < 1.29 is 0 Å². The standard InChI is InChI=1S/2C6H14N2Se.C2H6/c2*7-3-5-1-2-6(4-8)9-5;1-2/h2*5-6H,1-4,7-8H2;1-2H3. The fourth-order valence-electron chi connectivity index (χ4n) is 2.25. The first kappa shape index (κ1) is 20.9. The quantitative estimate of drug-likeness (QED) is 0.513. The zero-order valence-electron chi connectivity index (χ0n) is 13.1. The van der Waals surface area contributed by atoms with Crippen LogP contribution in [0.15, 0.2) is 0 Å². The Hall–Kier alpha value is 0.879. The molecule has 2 aliphatic heterocycles. The maximum atomic E-state index is 5.53. The molecule has 0 aromatic carbocycles. The summed E-state index contributed by atoms with van der Waals surface area (Å²) in [5, 5.41) is 0. The van der Waals surface area contributed by atoms with E-state index < -0.39 is 0 Å². The van der Waals surface area contributed by atoms with Gasteiger partial charge in [0.25, 0.3) is 0 Å². The molecular formula is C14H34N4Se2. The predicted molar refractivity (Wildman–Crippen MR) is 92.5 cm³/mol. The van der Waals surface area contributed by atoms with Gasteiger partial charge in [-0.05, 0) is 0 Å². The van der Waals surface area contributed by atoms with Gasteiger partial charge in [-0.2, -0.15) is 0 Å². The van der Waals surface area contributed by atoms with E-state index in [1.54, 1.807) is 0 Å². The first-order valence-corrected chi connectivity index (χ1v) is 11.8. The average Bonchev–Trinajstić information content (AvgIpc) is 3.18. The Morgan fingerprint density at radius 1 is 0.600 bits per heavy atom. The number of rotatable bonds is 4. The summed E-state index contributed by atoms with van der Waals surface area (Å²) in [5.74, 6) is 0. The maximum absolute atomic E-state index is 5.53. The van der Waals surface area contributed by atoms with Gasteiger partial charge in [-0.15, -0.1) is 0 Å². The van der Waals surface area contributed by atoms with Crippen LogP contribution < -0.4 is 22.9 Å². The van der Waals surface area contributed by atoms with Crippen LogP contribution >= 0.6 is 0 Å². The van der Waals surface area contributed by atoms with E-state index in [4.69, 9.17) is 22.9 Å². The van der Waals surface area contributed by atoms with E-state index in [0.717, 1.165) is 75.4 Å². The van der Waals surface area contributed by atoms with Crippen molar-refractivity contribution in [1.82, 2.24) is 0 Å². The van der Waals surface area contributed by atoms with Gasteiger partial charge in [-0.1, -0.05) is 13.8 Å². The summed E-state index contributed by atoms with van der Waals surface area (Å²) in [7, 11) is 0. The molecule has 20 heavy (non-hydrogen) atoms. The van der Waals surface area contributed by atoms with E-state index in [1.165, 1.54) is 25.7 Å².